The number of primary amides is 1. The van der Waals surface area contributed by atoms with Crippen molar-refractivity contribution in [1.29, 1.82) is 0 Å². The number of nitrogens with two attached hydrogens (primary N) is 1. The van der Waals surface area contributed by atoms with Crippen molar-refractivity contribution >= 4 is 34.5 Å². The molecule has 17 heavy (non-hydrogen) atoms. The highest BCUT2D eigenvalue weighted by molar-refractivity contribution is 7.09. The summed E-state index contributed by atoms with van der Waals surface area (Å²) < 4.78 is 0. The molecule has 0 aliphatic heterocycles. The molecule has 0 saturated carbocycles. The Morgan fingerprint density at radius 3 is 3.00 bits per heavy atom. The van der Waals surface area contributed by atoms with Crippen molar-refractivity contribution in [1.82, 2.24) is 4.98 Å². The third-order valence-corrected chi connectivity index (χ3v) is 3.30. The fourth-order valence-corrected chi connectivity index (χ4v) is 2.04. The van der Waals surface area contributed by atoms with Crippen LogP contribution >= 0.6 is 22.9 Å². The van der Waals surface area contributed by atoms with Crippen LogP contribution in [-0.4, -0.2) is 10.9 Å². The molecule has 0 unspecified atom stereocenters. The molecule has 1 amide bonds. The summed E-state index contributed by atoms with van der Waals surface area (Å²) in [4.78, 5) is 16.1. The second kappa shape index (κ2) is 5.16. The fraction of sp³-hybridized carbons (Fsp3) is 0.0909. The molecule has 0 atom stereocenters. The third-order valence-electron chi connectivity index (χ3n) is 2.19. The van der Waals surface area contributed by atoms with E-state index in [4.69, 9.17) is 17.3 Å². The molecule has 2 rings (SSSR count). The number of benzene rings is 1. The molecular formula is C11H10ClN3OS. The van der Waals surface area contributed by atoms with E-state index in [1.807, 2.05) is 0 Å². The van der Waals surface area contributed by atoms with Crippen LogP contribution in [0.1, 0.15) is 15.2 Å². The van der Waals surface area contributed by atoms with E-state index in [1.54, 1.807) is 41.2 Å². The predicted molar refractivity (Wildman–Crippen MR) is 69.4 cm³/mol. The molecular weight excluding hydrogens is 258 g/mol. The van der Waals surface area contributed by atoms with Crippen LogP contribution in [0.25, 0.3) is 0 Å². The van der Waals surface area contributed by atoms with Crippen molar-refractivity contribution in [3.8, 4) is 0 Å². The number of hydrogen-bond acceptors (Lipinski definition) is 4. The van der Waals surface area contributed by atoms with Gasteiger partial charge in [-0.2, -0.15) is 0 Å². The summed E-state index contributed by atoms with van der Waals surface area (Å²) >= 11 is 7.56. The maximum absolute atomic E-state index is 11.0. The number of carbonyl (C=O) groups is 1. The lowest BCUT2D eigenvalue weighted by atomic mass is 10.2. The molecule has 1 aromatic carbocycles. The zero-order valence-corrected chi connectivity index (χ0v) is 10.4. The molecule has 6 heteroatoms. The van der Waals surface area contributed by atoms with Crippen LogP contribution in [0.4, 0.5) is 5.69 Å². The highest BCUT2D eigenvalue weighted by Crippen LogP contribution is 2.23. The molecule has 4 nitrogen and oxygen atoms in total. The molecule has 0 bridgehead atoms. The largest absolute Gasteiger partial charge is 0.379 e. The van der Waals surface area contributed by atoms with E-state index >= 15 is 0 Å². The molecule has 0 saturated heterocycles. The van der Waals surface area contributed by atoms with Gasteiger partial charge in [0, 0.05) is 16.6 Å². The van der Waals surface area contributed by atoms with Crippen molar-refractivity contribution in [2.75, 3.05) is 5.32 Å². The van der Waals surface area contributed by atoms with Gasteiger partial charge in [-0.1, -0.05) is 11.6 Å². The number of amides is 1. The van der Waals surface area contributed by atoms with Gasteiger partial charge >= 0.3 is 0 Å². The quantitative estimate of drug-likeness (QED) is 0.894. The number of halogens is 1. The maximum Gasteiger partial charge on any atom is 0.248 e. The number of anilines is 1. The van der Waals surface area contributed by atoms with E-state index in [9.17, 15) is 4.79 Å². The summed E-state index contributed by atoms with van der Waals surface area (Å²) in [6, 6.07) is 4.89. The molecule has 2 aromatic rings. The Labute approximate surface area is 107 Å². The van der Waals surface area contributed by atoms with Crippen molar-refractivity contribution < 1.29 is 4.79 Å². The Hall–Kier alpha value is -1.59. The highest BCUT2D eigenvalue weighted by Gasteiger charge is 2.05. The number of rotatable bonds is 4. The SMILES string of the molecule is NC(=O)c1ccc(Cl)c(NCc2cncs2)c1. The number of hydrogen-bond donors (Lipinski definition) is 2. The van der Waals surface area contributed by atoms with E-state index < -0.39 is 5.91 Å². The van der Waals surface area contributed by atoms with Gasteiger partial charge in [-0.25, -0.2) is 0 Å². The lowest BCUT2D eigenvalue weighted by Gasteiger charge is -2.08. The molecule has 0 radical (unpaired) electrons. The number of thiazole rings is 1. The van der Waals surface area contributed by atoms with Crippen LogP contribution in [0, 0.1) is 0 Å². The Kier molecular flexibility index (Phi) is 3.61. The van der Waals surface area contributed by atoms with Crippen LogP contribution in [0.3, 0.4) is 0 Å². The number of nitrogens with one attached hydrogen (secondary N) is 1. The minimum Gasteiger partial charge on any atom is -0.379 e. The van der Waals surface area contributed by atoms with Crippen molar-refractivity contribution in [2.45, 2.75) is 6.54 Å². The summed E-state index contributed by atoms with van der Waals surface area (Å²) in [5.74, 6) is -0.470. The zero-order valence-electron chi connectivity index (χ0n) is 8.81. The fourth-order valence-electron chi connectivity index (χ4n) is 1.33. The first-order valence-corrected chi connectivity index (χ1v) is 6.13. The first-order valence-electron chi connectivity index (χ1n) is 4.87. The number of nitrogens with zero attached hydrogens (tertiary/aromatic N) is 1. The van der Waals surface area contributed by atoms with Crippen LogP contribution in [0.2, 0.25) is 5.02 Å². The van der Waals surface area contributed by atoms with E-state index in [-0.39, 0.29) is 0 Å². The van der Waals surface area contributed by atoms with Gasteiger partial charge in [0.25, 0.3) is 0 Å². The van der Waals surface area contributed by atoms with E-state index in [2.05, 4.69) is 10.3 Å². The number of carbonyl (C=O) groups excluding carboxylic acids is 1. The molecule has 88 valence electrons. The standard InChI is InChI=1S/C11H10ClN3OS/c12-9-2-1-7(11(13)16)3-10(9)15-5-8-4-14-6-17-8/h1-4,6,15H,5H2,(H2,13,16). The number of aromatic nitrogens is 1. The normalized spacial score (nSPS) is 10.2. The molecule has 0 aliphatic rings. The first kappa shape index (κ1) is 11.9. The monoisotopic (exact) mass is 267 g/mol. The Bertz CT molecular complexity index is 528. The zero-order chi connectivity index (χ0) is 12.3. The Morgan fingerprint density at radius 2 is 2.35 bits per heavy atom. The summed E-state index contributed by atoms with van der Waals surface area (Å²) in [6.07, 6.45) is 1.78. The molecule has 1 heterocycles. The molecule has 0 fully saturated rings. The van der Waals surface area contributed by atoms with Gasteiger partial charge in [0.1, 0.15) is 0 Å². The van der Waals surface area contributed by atoms with E-state index in [0.29, 0.717) is 22.8 Å². The lowest BCUT2D eigenvalue weighted by molar-refractivity contribution is 0.100. The second-order valence-electron chi connectivity index (χ2n) is 3.38. The van der Waals surface area contributed by atoms with E-state index in [0.717, 1.165) is 4.88 Å². The predicted octanol–water partition coefficient (Wildman–Crippen LogP) is 2.51. The minimum absolute atomic E-state index is 0.432. The Morgan fingerprint density at radius 1 is 1.53 bits per heavy atom. The first-order chi connectivity index (χ1) is 8.16. The van der Waals surface area contributed by atoms with Crippen molar-refractivity contribution in [3.63, 3.8) is 0 Å². The van der Waals surface area contributed by atoms with Gasteiger partial charge in [-0.3, -0.25) is 9.78 Å². The van der Waals surface area contributed by atoms with Gasteiger partial charge < -0.3 is 11.1 Å². The third kappa shape index (κ3) is 2.95. The van der Waals surface area contributed by atoms with Crippen LogP contribution in [0.15, 0.2) is 29.9 Å². The minimum atomic E-state index is -0.470. The summed E-state index contributed by atoms with van der Waals surface area (Å²) in [7, 11) is 0. The highest BCUT2D eigenvalue weighted by atomic mass is 35.5. The smallest absolute Gasteiger partial charge is 0.248 e. The van der Waals surface area contributed by atoms with Crippen LogP contribution in [0.5, 0.6) is 0 Å². The lowest BCUT2D eigenvalue weighted by Crippen LogP contribution is -2.11. The van der Waals surface area contributed by atoms with E-state index in [1.165, 1.54) is 0 Å². The summed E-state index contributed by atoms with van der Waals surface area (Å²) in [5.41, 5.74) is 8.09. The van der Waals surface area contributed by atoms with Gasteiger partial charge in [-0.05, 0) is 18.2 Å². The molecule has 3 N–H and O–H groups in total. The van der Waals surface area contributed by atoms with Gasteiger partial charge in [0.2, 0.25) is 5.91 Å². The average Bonchev–Trinajstić information content (AvgIpc) is 2.80. The topological polar surface area (TPSA) is 68.0 Å². The molecule has 1 aromatic heterocycles. The average molecular weight is 268 g/mol. The van der Waals surface area contributed by atoms with Crippen LogP contribution in [-0.2, 0) is 6.54 Å². The summed E-state index contributed by atoms with van der Waals surface area (Å²) in [6.45, 7) is 0.618. The molecule has 0 spiro atoms. The van der Waals surface area contributed by atoms with Crippen LogP contribution < -0.4 is 11.1 Å². The summed E-state index contributed by atoms with van der Waals surface area (Å²) in [5, 5.41) is 3.70. The van der Waals surface area contributed by atoms with Gasteiger partial charge in [0.05, 0.1) is 22.8 Å². The second-order valence-corrected chi connectivity index (χ2v) is 4.76. The maximum atomic E-state index is 11.0. The molecule has 0 aliphatic carbocycles. The van der Waals surface area contributed by atoms with Gasteiger partial charge in [0.15, 0.2) is 0 Å². The van der Waals surface area contributed by atoms with Gasteiger partial charge in [-0.15, -0.1) is 11.3 Å². The van der Waals surface area contributed by atoms with Crippen molar-refractivity contribution in [3.05, 3.63) is 45.4 Å². The Balaban J connectivity index is 2.14. The van der Waals surface area contributed by atoms with Crippen molar-refractivity contribution in [2.24, 2.45) is 5.73 Å².